The van der Waals surface area contributed by atoms with Crippen LogP contribution in [0.4, 0.5) is 0 Å². The lowest BCUT2D eigenvalue weighted by Crippen LogP contribution is -2.11. The third-order valence-electron chi connectivity index (χ3n) is 6.99. The lowest BCUT2D eigenvalue weighted by atomic mass is 9.86. The largest absolute Gasteiger partial charge is 0.463 e. The van der Waals surface area contributed by atoms with Crippen LogP contribution in [0.25, 0.3) is 6.08 Å². The van der Waals surface area contributed by atoms with Gasteiger partial charge in [-0.1, -0.05) is 56.0 Å². The molecule has 0 amide bonds. The fraction of sp³-hybridized carbons (Fsp3) is 0.297. The SMILES string of the molecule is C=CC(\C=C\C(=O)OCC)=C/C1=C/C=C(\C)OCOC2=C(Cc3ccc(/C=C/C(=O)OCC)cc3CC=C2)C(C)/C=C\1C. The van der Waals surface area contributed by atoms with E-state index in [1.807, 2.05) is 37.3 Å². The van der Waals surface area contributed by atoms with Crippen LogP contribution < -0.4 is 0 Å². The first kappa shape index (κ1) is 32.9. The summed E-state index contributed by atoms with van der Waals surface area (Å²) in [6.45, 7) is 14.4. The summed E-state index contributed by atoms with van der Waals surface area (Å²) < 4.78 is 22.1. The molecule has 0 saturated heterocycles. The zero-order valence-corrected chi connectivity index (χ0v) is 25.9. The zero-order valence-electron chi connectivity index (χ0n) is 25.9. The van der Waals surface area contributed by atoms with Crippen LogP contribution >= 0.6 is 0 Å². The molecule has 1 aromatic carbocycles. The molecular formula is C37H42O6. The van der Waals surface area contributed by atoms with Crippen molar-refractivity contribution >= 4 is 18.0 Å². The van der Waals surface area contributed by atoms with Gasteiger partial charge in [-0.15, -0.1) is 0 Å². The summed E-state index contributed by atoms with van der Waals surface area (Å²) >= 11 is 0. The van der Waals surface area contributed by atoms with Gasteiger partial charge >= 0.3 is 11.9 Å². The van der Waals surface area contributed by atoms with E-state index in [9.17, 15) is 9.59 Å². The van der Waals surface area contributed by atoms with Gasteiger partial charge in [0.1, 0.15) is 5.76 Å². The van der Waals surface area contributed by atoms with Crippen molar-refractivity contribution in [2.45, 2.75) is 47.5 Å². The van der Waals surface area contributed by atoms with Crippen molar-refractivity contribution in [2.75, 3.05) is 20.0 Å². The maximum atomic E-state index is 11.9. The van der Waals surface area contributed by atoms with Crippen LogP contribution in [-0.4, -0.2) is 31.9 Å². The number of hydrogen-bond donors (Lipinski definition) is 0. The highest BCUT2D eigenvalue weighted by atomic mass is 16.7. The normalized spacial score (nSPS) is 21.6. The van der Waals surface area contributed by atoms with Gasteiger partial charge in [0.05, 0.1) is 19.0 Å². The molecule has 6 nitrogen and oxygen atoms in total. The van der Waals surface area contributed by atoms with Crippen LogP contribution in [0.15, 0.2) is 119 Å². The predicted octanol–water partition coefficient (Wildman–Crippen LogP) is 7.82. The van der Waals surface area contributed by atoms with Crippen LogP contribution in [0.5, 0.6) is 0 Å². The summed E-state index contributed by atoms with van der Waals surface area (Å²) in [5.41, 5.74) is 7.25. The fourth-order valence-corrected chi connectivity index (χ4v) is 4.70. The van der Waals surface area contributed by atoms with Crippen molar-refractivity contribution in [2.24, 2.45) is 5.92 Å². The van der Waals surface area contributed by atoms with E-state index in [1.165, 1.54) is 23.3 Å². The van der Waals surface area contributed by atoms with E-state index in [4.69, 9.17) is 18.9 Å². The highest BCUT2D eigenvalue weighted by Crippen LogP contribution is 2.30. The quantitative estimate of drug-likeness (QED) is 0.177. The highest BCUT2D eigenvalue weighted by Gasteiger charge is 2.19. The van der Waals surface area contributed by atoms with Crippen LogP contribution in [-0.2, 0) is 41.4 Å². The maximum Gasteiger partial charge on any atom is 0.330 e. The van der Waals surface area contributed by atoms with Crippen molar-refractivity contribution in [3.05, 3.63) is 136 Å². The summed E-state index contributed by atoms with van der Waals surface area (Å²) in [5, 5.41) is 0. The third-order valence-corrected chi connectivity index (χ3v) is 6.99. The Kier molecular flexibility index (Phi) is 12.8. The topological polar surface area (TPSA) is 71.1 Å². The van der Waals surface area contributed by atoms with E-state index in [2.05, 4.69) is 44.7 Å². The molecule has 3 rings (SSSR count). The molecule has 0 radical (unpaired) electrons. The van der Waals surface area contributed by atoms with Gasteiger partial charge in [0, 0.05) is 12.2 Å². The molecule has 1 heterocycles. The summed E-state index contributed by atoms with van der Waals surface area (Å²) in [4.78, 5) is 23.7. The fourth-order valence-electron chi connectivity index (χ4n) is 4.70. The van der Waals surface area contributed by atoms with E-state index in [0.29, 0.717) is 25.4 Å². The number of carbonyl (C=O) groups is 2. The van der Waals surface area contributed by atoms with Crippen LogP contribution in [0.2, 0.25) is 0 Å². The molecule has 0 saturated carbocycles. The van der Waals surface area contributed by atoms with Gasteiger partial charge in [-0.25, -0.2) is 9.59 Å². The van der Waals surface area contributed by atoms with Gasteiger partial charge in [-0.3, -0.25) is 0 Å². The molecule has 0 bridgehead atoms. The second-order valence-electron chi connectivity index (χ2n) is 10.2. The number of ether oxygens (including phenoxy) is 4. The van der Waals surface area contributed by atoms with Crippen LogP contribution in [0, 0.1) is 5.92 Å². The number of carbonyl (C=O) groups excluding carboxylic acids is 2. The van der Waals surface area contributed by atoms with Crippen molar-refractivity contribution in [3.63, 3.8) is 0 Å². The Morgan fingerprint density at radius 2 is 1.74 bits per heavy atom. The van der Waals surface area contributed by atoms with Crippen LogP contribution in [0.1, 0.15) is 51.3 Å². The Morgan fingerprint density at radius 3 is 2.47 bits per heavy atom. The van der Waals surface area contributed by atoms with Crippen molar-refractivity contribution in [1.29, 1.82) is 0 Å². The Hall–Kier alpha value is -4.58. The Morgan fingerprint density at radius 1 is 1.00 bits per heavy atom. The second-order valence-corrected chi connectivity index (χ2v) is 10.2. The van der Waals surface area contributed by atoms with Crippen LogP contribution in [0.3, 0.4) is 0 Å². The average molecular weight is 583 g/mol. The number of allylic oxidation sites excluding steroid dienone is 13. The number of fused-ring (bicyclic) bond motifs is 1. The van der Waals surface area contributed by atoms with E-state index in [1.54, 1.807) is 32.1 Å². The predicted molar refractivity (Wildman–Crippen MR) is 172 cm³/mol. The van der Waals surface area contributed by atoms with E-state index in [0.717, 1.165) is 40.0 Å². The molecule has 1 aliphatic heterocycles. The third kappa shape index (κ3) is 10.3. The smallest absolute Gasteiger partial charge is 0.330 e. The second kappa shape index (κ2) is 16.8. The molecule has 1 aromatic rings. The van der Waals surface area contributed by atoms with E-state index < -0.39 is 5.97 Å². The summed E-state index contributed by atoms with van der Waals surface area (Å²) in [6, 6.07) is 6.26. The minimum Gasteiger partial charge on any atom is -0.463 e. The lowest BCUT2D eigenvalue weighted by molar-refractivity contribution is -0.138. The molecule has 6 heteroatoms. The molecule has 0 N–H and O–H groups in total. The Labute approximate surface area is 255 Å². The number of hydrogen-bond acceptors (Lipinski definition) is 6. The van der Waals surface area contributed by atoms with Crippen molar-refractivity contribution < 1.29 is 28.5 Å². The van der Waals surface area contributed by atoms with Gasteiger partial charge in [0.25, 0.3) is 0 Å². The summed E-state index contributed by atoms with van der Waals surface area (Å²) in [6.07, 6.45) is 21.7. The molecule has 43 heavy (non-hydrogen) atoms. The van der Waals surface area contributed by atoms with Gasteiger partial charge in [0.15, 0.2) is 0 Å². The van der Waals surface area contributed by atoms with Crippen molar-refractivity contribution in [3.8, 4) is 0 Å². The van der Waals surface area contributed by atoms with Gasteiger partial charge < -0.3 is 18.9 Å². The minimum absolute atomic E-state index is 0.0394. The molecule has 1 aliphatic carbocycles. The molecule has 1 unspecified atom stereocenters. The number of rotatable bonds is 8. The first-order valence-electron chi connectivity index (χ1n) is 14.6. The standard InChI is InChI=1S/C37H42O6/c1-7-29(15-19-36(38)40-8-2)22-31-17-13-28(6)42-25-43-35-12-10-11-32-23-30(16-20-37(39)41-9-3)14-18-33(32)24-34(35)27(5)21-26(31)4/h7,10,12-23,27H,1,8-9,11,24-25H2,2-6H3/b12-10?,19-15+,20-16+,26-21-,28-13+,29-22+,31-17-,35-34?. The number of benzene rings is 1. The molecule has 0 spiro atoms. The molecule has 0 aromatic heterocycles. The average Bonchev–Trinajstić information content (AvgIpc) is 2.97. The highest BCUT2D eigenvalue weighted by molar-refractivity contribution is 5.87. The Bertz CT molecular complexity index is 1440. The summed E-state index contributed by atoms with van der Waals surface area (Å²) in [5.74, 6) is 0.799. The first-order valence-corrected chi connectivity index (χ1v) is 14.6. The minimum atomic E-state index is -0.396. The molecule has 2 aliphatic rings. The lowest BCUT2D eigenvalue weighted by Gasteiger charge is -2.23. The number of esters is 2. The Balaban J connectivity index is 1.99. The zero-order chi connectivity index (χ0) is 31.2. The summed E-state index contributed by atoms with van der Waals surface area (Å²) in [7, 11) is 0. The van der Waals surface area contributed by atoms with Crippen molar-refractivity contribution in [1.82, 2.24) is 0 Å². The van der Waals surface area contributed by atoms with E-state index >= 15 is 0 Å². The van der Waals surface area contributed by atoms with Gasteiger partial charge in [0.2, 0.25) is 6.79 Å². The molecule has 226 valence electrons. The maximum absolute atomic E-state index is 11.9. The molecular weight excluding hydrogens is 540 g/mol. The molecule has 1 atom stereocenters. The van der Waals surface area contributed by atoms with Gasteiger partial charge in [-0.05, 0) is 116 Å². The monoisotopic (exact) mass is 582 g/mol. The van der Waals surface area contributed by atoms with E-state index in [-0.39, 0.29) is 18.7 Å². The first-order chi connectivity index (χ1) is 20.7. The molecule has 0 fully saturated rings. The van der Waals surface area contributed by atoms with Gasteiger partial charge in [-0.2, -0.15) is 0 Å².